The van der Waals surface area contributed by atoms with E-state index < -0.39 is 0 Å². The fraction of sp³-hybridized carbons (Fsp3) is 0.364. The molecule has 0 atom stereocenters. The average molecular weight is 218 g/mol. The first kappa shape index (κ1) is 10.6. The van der Waals surface area contributed by atoms with Gasteiger partial charge in [0.05, 0.1) is 12.8 Å². The van der Waals surface area contributed by atoms with E-state index in [2.05, 4.69) is 15.4 Å². The third-order valence-electron chi connectivity index (χ3n) is 2.25. The molecule has 0 bridgehead atoms. The number of tetrazole rings is 1. The summed E-state index contributed by atoms with van der Waals surface area (Å²) in [6, 6.07) is 7.52. The molecule has 0 spiro atoms. The Morgan fingerprint density at radius 3 is 2.38 bits per heavy atom. The summed E-state index contributed by atoms with van der Waals surface area (Å²) in [5, 5.41) is 12.3. The van der Waals surface area contributed by atoms with Crippen molar-refractivity contribution in [3.8, 4) is 11.4 Å². The number of hydrogen-bond acceptors (Lipinski definition) is 4. The van der Waals surface area contributed by atoms with Gasteiger partial charge in [-0.1, -0.05) is 13.8 Å². The SMILES string of the molecule is COc1ccc(-n2nnc(C(C)C)n2)cc1. The highest BCUT2D eigenvalue weighted by Gasteiger charge is 2.07. The van der Waals surface area contributed by atoms with Crippen LogP contribution in [0.15, 0.2) is 24.3 Å². The molecule has 0 saturated heterocycles. The Morgan fingerprint density at radius 1 is 1.19 bits per heavy atom. The highest BCUT2D eigenvalue weighted by Crippen LogP contribution is 2.14. The predicted molar refractivity (Wildman–Crippen MR) is 59.8 cm³/mol. The van der Waals surface area contributed by atoms with E-state index in [4.69, 9.17) is 4.74 Å². The zero-order chi connectivity index (χ0) is 11.5. The monoisotopic (exact) mass is 218 g/mol. The van der Waals surface area contributed by atoms with Crippen molar-refractivity contribution >= 4 is 0 Å². The summed E-state index contributed by atoms with van der Waals surface area (Å²) >= 11 is 0. The van der Waals surface area contributed by atoms with Crippen molar-refractivity contribution in [2.45, 2.75) is 19.8 Å². The lowest BCUT2D eigenvalue weighted by molar-refractivity contribution is 0.414. The topological polar surface area (TPSA) is 52.8 Å². The van der Waals surface area contributed by atoms with Crippen LogP contribution in [0, 0.1) is 0 Å². The summed E-state index contributed by atoms with van der Waals surface area (Å²) in [7, 11) is 1.64. The van der Waals surface area contributed by atoms with Gasteiger partial charge in [-0.15, -0.1) is 15.0 Å². The van der Waals surface area contributed by atoms with Crippen molar-refractivity contribution in [1.29, 1.82) is 0 Å². The molecule has 0 aliphatic carbocycles. The molecule has 84 valence electrons. The van der Waals surface area contributed by atoms with E-state index >= 15 is 0 Å². The third kappa shape index (κ3) is 2.03. The van der Waals surface area contributed by atoms with Gasteiger partial charge in [0.1, 0.15) is 5.75 Å². The van der Waals surface area contributed by atoms with Gasteiger partial charge >= 0.3 is 0 Å². The van der Waals surface area contributed by atoms with Crippen molar-refractivity contribution in [2.24, 2.45) is 0 Å². The van der Waals surface area contributed by atoms with Crippen LogP contribution in [0.3, 0.4) is 0 Å². The first-order chi connectivity index (χ1) is 7.70. The van der Waals surface area contributed by atoms with Crippen molar-refractivity contribution in [1.82, 2.24) is 20.2 Å². The lowest BCUT2D eigenvalue weighted by Crippen LogP contribution is -1.99. The zero-order valence-corrected chi connectivity index (χ0v) is 9.58. The molecule has 2 aromatic rings. The second-order valence-electron chi connectivity index (χ2n) is 3.79. The van der Waals surface area contributed by atoms with Gasteiger partial charge in [0.25, 0.3) is 0 Å². The summed E-state index contributed by atoms with van der Waals surface area (Å²) in [4.78, 5) is 1.52. The number of nitrogens with zero attached hydrogens (tertiary/aromatic N) is 4. The molecule has 16 heavy (non-hydrogen) atoms. The second kappa shape index (κ2) is 4.30. The van der Waals surface area contributed by atoms with Gasteiger partial charge in [-0.3, -0.25) is 0 Å². The molecule has 0 fully saturated rings. The maximum Gasteiger partial charge on any atom is 0.177 e. The van der Waals surface area contributed by atoms with Crippen LogP contribution >= 0.6 is 0 Å². The predicted octanol–water partition coefficient (Wildman–Crippen LogP) is 1.79. The molecular formula is C11H14N4O. The van der Waals surface area contributed by atoms with Crippen LogP contribution in [0.25, 0.3) is 5.69 Å². The van der Waals surface area contributed by atoms with Crippen molar-refractivity contribution in [2.75, 3.05) is 7.11 Å². The Bertz CT molecular complexity index is 461. The maximum atomic E-state index is 5.08. The summed E-state index contributed by atoms with van der Waals surface area (Å²) in [5.41, 5.74) is 0.875. The highest BCUT2D eigenvalue weighted by molar-refractivity contribution is 5.35. The van der Waals surface area contributed by atoms with Crippen molar-refractivity contribution in [3.63, 3.8) is 0 Å². The molecular weight excluding hydrogens is 204 g/mol. The number of rotatable bonds is 3. The number of methoxy groups -OCH3 is 1. The first-order valence-electron chi connectivity index (χ1n) is 5.15. The largest absolute Gasteiger partial charge is 0.497 e. The van der Waals surface area contributed by atoms with E-state index in [1.165, 1.54) is 4.80 Å². The van der Waals surface area contributed by atoms with Gasteiger partial charge in [0, 0.05) is 5.92 Å². The standard InChI is InChI=1S/C11H14N4O/c1-8(2)11-12-14-15(13-11)9-4-6-10(16-3)7-5-9/h4-8H,1-3H3. The molecule has 0 unspecified atom stereocenters. The third-order valence-corrected chi connectivity index (χ3v) is 2.25. The average Bonchev–Trinajstić information content (AvgIpc) is 2.78. The van der Waals surface area contributed by atoms with Crippen molar-refractivity contribution < 1.29 is 4.74 Å². The molecule has 1 heterocycles. The smallest absolute Gasteiger partial charge is 0.177 e. The van der Waals surface area contributed by atoms with Crippen LogP contribution in [0.5, 0.6) is 5.75 Å². The summed E-state index contributed by atoms with van der Waals surface area (Å²) in [6.45, 7) is 4.07. The van der Waals surface area contributed by atoms with E-state index in [1.807, 2.05) is 38.1 Å². The molecule has 0 N–H and O–H groups in total. The molecule has 0 aliphatic heterocycles. The van der Waals surface area contributed by atoms with Crippen molar-refractivity contribution in [3.05, 3.63) is 30.1 Å². The van der Waals surface area contributed by atoms with Crippen LogP contribution in [-0.4, -0.2) is 27.3 Å². The summed E-state index contributed by atoms with van der Waals surface area (Å²) in [6.07, 6.45) is 0. The fourth-order valence-electron chi connectivity index (χ4n) is 1.28. The summed E-state index contributed by atoms with van der Waals surface area (Å²) < 4.78 is 5.08. The van der Waals surface area contributed by atoms with Crippen LogP contribution in [0.1, 0.15) is 25.6 Å². The lowest BCUT2D eigenvalue weighted by Gasteiger charge is -2.01. The molecule has 0 saturated carbocycles. The van der Waals surface area contributed by atoms with Gasteiger partial charge in [-0.2, -0.15) is 0 Å². The molecule has 2 rings (SSSR count). The van der Waals surface area contributed by atoms with E-state index in [1.54, 1.807) is 7.11 Å². The first-order valence-corrected chi connectivity index (χ1v) is 5.15. The molecule has 5 heteroatoms. The Balaban J connectivity index is 2.28. The number of ether oxygens (including phenoxy) is 1. The van der Waals surface area contributed by atoms with E-state index in [-0.39, 0.29) is 5.92 Å². The fourth-order valence-corrected chi connectivity index (χ4v) is 1.28. The number of hydrogen-bond donors (Lipinski definition) is 0. The zero-order valence-electron chi connectivity index (χ0n) is 9.58. The lowest BCUT2D eigenvalue weighted by atomic mass is 10.2. The molecule has 0 amide bonds. The van der Waals surface area contributed by atoms with Crippen LogP contribution in [0.4, 0.5) is 0 Å². The van der Waals surface area contributed by atoms with Gasteiger partial charge in [0.15, 0.2) is 5.82 Å². The van der Waals surface area contributed by atoms with Gasteiger partial charge in [-0.25, -0.2) is 0 Å². The van der Waals surface area contributed by atoms with Crippen LogP contribution < -0.4 is 4.74 Å². The molecule has 1 aromatic carbocycles. The van der Waals surface area contributed by atoms with Crippen LogP contribution in [0.2, 0.25) is 0 Å². The Hall–Kier alpha value is -1.91. The Morgan fingerprint density at radius 2 is 1.88 bits per heavy atom. The Kier molecular flexibility index (Phi) is 2.85. The molecule has 1 aromatic heterocycles. The van der Waals surface area contributed by atoms with Gasteiger partial charge in [-0.05, 0) is 29.5 Å². The maximum absolute atomic E-state index is 5.08. The quantitative estimate of drug-likeness (QED) is 0.788. The summed E-state index contributed by atoms with van der Waals surface area (Å²) in [5.74, 6) is 1.84. The minimum Gasteiger partial charge on any atom is -0.497 e. The second-order valence-corrected chi connectivity index (χ2v) is 3.79. The minimum atomic E-state index is 0.284. The van der Waals surface area contributed by atoms with Crippen LogP contribution in [-0.2, 0) is 0 Å². The molecule has 5 nitrogen and oxygen atoms in total. The number of benzene rings is 1. The van der Waals surface area contributed by atoms with E-state index in [9.17, 15) is 0 Å². The highest BCUT2D eigenvalue weighted by atomic mass is 16.5. The molecule has 0 radical (unpaired) electrons. The molecule has 0 aliphatic rings. The normalized spacial score (nSPS) is 10.8. The number of aromatic nitrogens is 4. The van der Waals surface area contributed by atoms with Gasteiger partial charge < -0.3 is 4.74 Å². The Labute approximate surface area is 94.0 Å². The minimum absolute atomic E-state index is 0.284. The van der Waals surface area contributed by atoms with Gasteiger partial charge in [0.2, 0.25) is 0 Å². The van der Waals surface area contributed by atoms with E-state index in [0.29, 0.717) is 0 Å². The van der Waals surface area contributed by atoms with E-state index in [0.717, 1.165) is 17.3 Å².